The summed E-state index contributed by atoms with van der Waals surface area (Å²) in [4.78, 5) is 14.5. The molecule has 4 rings (SSSR count). The van der Waals surface area contributed by atoms with E-state index in [1.165, 1.54) is 0 Å². The largest absolute Gasteiger partial charge is 0.370 e. The normalized spacial score (nSPS) is 17.3. The third-order valence-electron chi connectivity index (χ3n) is 4.38. The highest BCUT2D eigenvalue weighted by Crippen LogP contribution is 2.25. The lowest BCUT2D eigenvalue weighted by atomic mass is 10.1. The SMILES string of the molecule is O=C(c1cc(-c2ccccc2)on1)N1CCOC(c2ccc(Cl)cc2)C1. The van der Waals surface area contributed by atoms with Crippen molar-refractivity contribution in [3.05, 3.63) is 76.9 Å². The van der Waals surface area contributed by atoms with Crippen LogP contribution in [0.3, 0.4) is 0 Å². The Balaban J connectivity index is 1.49. The van der Waals surface area contributed by atoms with Crippen LogP contribution in [0, 0.1) is 0 Å². The van der Waals surface area contributed by atoms with Gasteiger partial charge in [-0.15, -0.1) is 0 Å². The summed E-state index contributed by atoms with van der Waals surface area (Å²) in [6.45, 7) is 1.47. The first-order chi connectivity index (χ1) is 12.7. The van der Waals surface area contributed by atoms with Crippen LogP contribution in [0.1, 0.15) is 22.2 Å². The molecule has 0 radical (unpaired) electrons. The van der Waals surface area contributed by atoms with Gasteiger partial charge in [-0.05, 0) is 17.7 Å². The van der Waals surface area contributed by atoms with E-state index in [4.69, 9.17) is 20.9 Å². The summed E-state index contributed by atoms with van der Waals surface area (Å²) in [5.74, 6) is 0.426. The predicted octanol–water partition coefficient (Wildman–Crippen LogP) is 4.21. The van der Waals surface area contributed by atoms with E-state index in [1.807, 2.05) is 54.6 Å². The van der Waals surface area contributed by atoms with Crippen LogP contribution in [0.5, 0.6) is 0 Å². The van der Waals surface area contributed by atoms with Gasteiger partial charge in [0.15, 0.2) is 11.5 Å². The third kappa shape index (κ3) is 3.49. The zero-order valence-electron chi connectivity index (χ0n) is 14.0. The molecule has 1 amide bonds. The molecule has 1 atom stereocenters. The van der Waals surface area contributed by atoms with Gasteiger partial charge in [-0.25, -0.2) is 0 Å². The molecule has 5 nitrogen and oxygen atoms in total. The molecule has 132 valence electrons. The van der Waals surface area contributed by atoms with Gasteiger partial charge in [0.2, 0.25) is 0 Å². The molecule has 0 bridgehead atoms. The Morgan fingerprint density at radius 2 is 1.88 bits per heavy atom. The molecule has 1 aliphatic rings. The van der Waals surface area contributed by atoms with Gasteiger partial charge < -0.3 is 14.2 Å². The van der Waals surface area contributed by atoms with Crippen LogP contribution in [0.4, 0.5) is 0 Å². The number of benzene rings is 2. The van der Waals surface area contributed by atoms with E-state index in [1.54, 1.807) is 11.0 Å². The number of carbonyl (C=O) groups excluding carboxylic acids is 1. The van der Waals surface area contributed by atoms with E-state index in [0.717, 1.165) is 11.1 Å². The summed E-state index contributed by atoms with van der Waals surface area (Å²) in [5.41, 5.74) is 2.19. The molecule has 1 aromatic heterocycles. The first-order valence-electron chi connectivity index (χ1n) is 8.39. The van der Waals surface area contributed by atoms with Crippen LogP contribution < -0.4 is 0 Å². The molecule has 26 heavy (non-hydrogen) atoms. The first-order valence-corrected chi connectivity index (χ1v) is 8.77. The number of rotatable bonds is 3. The molecule has 0 N–H and O–H groups in total. The predicted molar refractivity (Wildman–Crippen MR) is 98.0 cm³/mol. The lowest BCUT2D eigenvalue weighted by Crippen LogP contribution is -2.42. The van der Waals surface area contributed by atoms with Crippen LogP contribution in [-0.4, -0.2) is 35.7 Å². The molecular formula is C20H17ClN2O3. The van der Waals surface area contributed by atoms with Gasteiger partial charge in [0, 0.05) is 23.2 Å². The molecule has 0 spiro atoms. The Hall–Kier alpha value is -2.63. The van der Waals surface area contributed by atoms with Gasteiger partial charge in [-0.1, -0.05) is 59.2 Å². The van der Waals surface area contributed by atoms with Crippen molar-refractivity contribution in [2.75, 3.05) is 19.7 Å². The number of ether oxygens (including phenoxy) is 1. The number of nitrogens with zero attached hydrogens (tertiary/aromatic N) is 2. The molecule has 3 aromatic rings. The maximum Gasteiger partial charge on any atom is 0.276 e. The molecule has 1 fully saturated rings. The zero-order valence-corrected chi connectivity index (χ0v) is 14.7. The summed E-state index contributed by atoms with van der Waals surface area (Å²) in [6.07, 6.45) is -0.175. The van der Waals surface area contributed by atoms with Crippen LogP contribution >= 0.6 is 11.6 Å². The van der Waals surface area contributed by atoms with Crippen molar-refractivity contribution >= 4 is 17.5 Å². The van der Waals surface area contributed by atoms with Crippen molar-refractivity contribution in [3.63, 3.8) is 0 Å². The quantitative estimate of drug-likeness (QED) is 0.695. The van der Waals surface area contributed by atoms with Crippen molar-refractivity contribution in [1.29, 1.82) is 0 Å². The van der Waals surface area contributed by atoms with Crippen LogP contribution in [-0.2, 0) is 4.74 Å². The third-order valence-corrected chi connectivity index (χ3v) is 4.64. The van der Waals surface area contributed by atoms with Crippen molar-refractivity contribution in [2.24, 2.45) is 0 Å². The summed E-state index contributed by atoms with van der Waals surface area (Å²) < 4.78 is 11.2. The van der Waals surface area contributed by atoms with E-state index >= 15 is 0 Å². The molecule has 2 aromatic carbocycles. The second-order valence-electron chi connectivity index (χ2n) is 6.10. The minimum atomic E-state index is -0.175. The fourth-order valence-electron chi connectivity index (χ4n) is 2.99. The van der Waals surface area contributed by atoms with E-state index in [0.29, 0.717) is 36.2 Å². The molecule has 1 saturated heterocycles. The number of hydrogen-bond donors (Lipinski definition) is 0. The monoisotopic (exact) mass is 368 g/mol. The maximum absolute atomic E-state index is 12.8. The Morgan fingerprint density at radius 3 is 2.65 bits per heavy atom. The molecule has 0 saturated carbocycles. The summed E-state index contributed by atoms with van der Waals surface area (Å²) in [6, 6.07) is 18.8. The Labute approximate surface area is 156 Å². The lowest BCUT2D eigenvalue weighted by molar-refractivity contribution is -0.0231. The lowest BCUT2D eigenvalue weighted by Gasteiger charge is -2.32. The fraction of sp³-hybridized carbons (Fsp3) is 0.200. The molecule has 1 unspecified atom stereocenters. The Morgan fingerprint density at radius 1 is 1.12 bits per heavy atom. The molecule has 0 aliphatic carbocycles. The Kier molecular flexibility index (Phi) is 4.73. The van der Waals surface area contributed by atoms with Crippen LogP contribution in [0.2, 0.25) is 5.02 Å². The number of amides is 1. The Bertz CT molecular complexity index is 893. The second-order valence-corrected chi connectivity index (χ2v) is 6.54. The first kappa shape index (κ1) is 16.8. The molecular weight excluding hydrogens is 352 g/mol. The number of hydrogen-bond acceptors (Lipinski definition) is 4. The average molecular weight is 369 g/mol. The standard InChI is InChI=1S/C20H17ClN2O3/c21-16-8-6-15(7-9-16)19-13-23(10-11-25-19)20(24)17-12-18(26-22-17)14-4-2-1-3-5-14/h1-9,12,19H,10-11,13H2. The highest BCUT2D eigenvalue weighted by atomic mass is 35.5. The van der Waals surface area contributed by atoms with Crippen molar-refractivity contribution in [1.82, 2.24) is 10.1 Å². The van der Waals surface area contributed by atoms with Gasteiger partial charge >= 0.3 is 0 Å². The molecule has 2 heterocycles. The van der Waals surface area contributed by atoms with Crippen LogP contribution in [0.25, 0.3) is 11.3 Å². The van der Waals surface area contributed by atoms with Crippen molar-refractivity contribution in [3.8, 4) is 11.3 Å². The minimum Gasteiger partial charge on any atom is -0.370 e. The van der Waals surface area contributed by atoms with Crippen LogP contribution in [0.15, 0.2) is 65.2 Å². The van der Waals surface area contributed by atoms with Gasteiger partial charge in [-0.3, -0.25) is 4.79 Å². The molecule has 1 aliphatic heterocycles. The zero-order chi connectivity index (χ0) is 17.9. The highest BCUT2D eigenvalue weighted by molar-refractivity contribution is 6.30. The van der Waals surface area contributed by atoms with Crippen molar-refractivity contribution < 1.29 is 14.1 Å². The number of morpholine rings is 1. The smallest absolute Gasteiger partial charge is 0.276 e. The topological polar surface area (TPSA) is 55.6 Å². The number of carbonyl (C=O) groups is 1. The summed E-state index contributed by atoms with van der Waals surface area (Å²) >= 11 is 5.94. The molecule has 6 heteroatoms. The van der Waals surface area contributed by atoms with Gasteiger partial charge in [0.25, 0.3) is 5.91 Å². The average Bonchev–Trinajstić information content (AvgIpc) is 3.19. The van der Waals surface area contributed by atoms with Gasteiger partial charge in [0.1, 0.15) is 6.10 Å². The van der Waals surface area contributed by atoms with Gasteiger partial charge in [0.05, 0.1) is 13.2 Å². The maximum atomic E-state index is 12.8. The second kappa shape index (κ2) is 7.32. The van der Waals surface area contributed by atoms with E-state index in [9.17, 15) is 4.79 Å². The van der Waals surface area contributed by atoms with E-state index in [2.05, 4.69) is 5.16 Å². The van der Waals surface area contributed by atoms with E-state index in [-0.39, 0.29) is 12.0 Å². The summed E-state index contributed by atoms with van der Waals surface area (Å²) in [7, 11) is 0. The van der Waals surface area contributed by atoms with E-state index < -0.39 is 0 Å². The summed E-state index contributed by atoms with van der Waals surface area (Å²) in [5, 5.41) is 4.63. The number of halogens is 1. The van der Waals surface area contributed by atoms with Crippen molar-refractivity contribution in [2.45, 2.75) is 6.10 Å². The number of aromatic nitrogens is 1. The fourth-order valence-corrected chi connectivity index (χ4v) is 3.12. The highest BCUT2D eigenvalue weighted by Gasteiger charge is 2.28. The van der Waals surface area contributed by atoms with Gasteiger partial charge in [-0.2, -0.15) is 0 Å². The minimum absolute atomic E-state index is 0.154.